The predicted octanol–water partition coefficient (Wildman–Crippen LogP) is 2.63. The standard InChI is InChI=1S/C20H35NO6/c1-16(23)21-14-18(15-22)27-20(25)13-12-19(24)26-17-10-8-6-4-2-3-5-7-9-11-17/h17-18,22H,2-15H2,1H3,(H,21,23). The lowest BCUT2D eigenvalue weighted by Crippen LogP contribution is -2.36. The number of aliphatic hydroxyl groups excluding tert-OH is 1. The van der Waals surface area contributed by atoms with Crippen molar-refractivity contribution < 1.29 is 29.0 Å². The minimum Gasteiger partial charge on any atom is -0.462 e. The van der Waals surface area contributed by atoms with Crippen LogP contribution in [0.25, 0.3) is 0 Å². The maximum absolute atomic E-state index is 12.1. The summed E-state index contributed by atoms with van der Waals surface area (Å²) in [5, 5.41) is 11.7. The van der Waals surface area contributed by atoms with Gasteiger partial charge in [-0.1, -0.05) is 38.5 Å². The van der Waals surface area contributed by atoms with Gasteiger partial charge in [0, 0.05) is 6.92 Å². The van der Waals surface area contributed by atoms with Crippen LogP contribution in [-0.4, -0.2) is 48.3 Å². The number of carbonyl (C=O) groups excluding carboxylic acids is 3. The van der Waals surface area contributed by atoms with Crippen LogP contribution in [0.4, 0.5) is 0 Å². The summed E-state index contributed by atoms with van der Waals surface area (Å²) in [6.45, 7) is 0.996. The fraction of sp³-hybridized carbons (Fsp3) is 0.850. The summed E-state index contributed by atoms with van der Waals surface area (Å²) in [5.41, 5.74) is 0. The Balaban J connectivity index is 2.30. The summed E-state index contributed by atoms with van der Waals surface area (Å²) in [7, 11) is 0. The molecular formula is C20H35NO6. The number of nitrogens with one attached hydrogen (secondary N) is 1. The summed E-state index contributed by atoms with van der Waals surface area (Å²) < 4.78 is 10.6. The lowest BCUT2D eigenvalue weighted by molar-refractivity contribution is -0.157. The van der Waals surface area contributed by atoms with E-state index < -0.39 is 18.7 Å². The molecule has 2 N–H and O–H groups in total. The molecule has 0 bridgehead atoms. The van der Waals surface area contributed by atoms with Crippen LogP contribution in [-0.2, 0) is 23.9 Å². The molecule has 0 spiro atoms. The van der Waals surface area contributed by atoms with Gasteiger partial charge in [-0.3, -0.25) is 14.4 Å². The Morgan fingerprint density at radius 3 is 1.96 bits per heavy atom. The van der Waals surface area contributed by atoms with Crippen molar-refractivity contribution in [3.63, 3.8) is 0 Å². The van der Waals surface area contributed by atoms with Crippen LogP contribution in [0, 0.1) is 0 Å². The second-order valence-corrected chi connectivity index (χ2v) is 7.25. The molecule has 7 nitrogen and oxygen atoms in total. The Morgan fingerprint density at radius 1 is 0.926 bits per heavy atom. The Labute approximate surface area is 162 Å². The van der Waals surface area contributed by atoms with Crippen molar-refractivity contribution in [3.05, 3.63) is 0 Å². The zero-order chi connectivity index (χ0) is 19.9. The van der Waals surface area contributed by atoms with E-state index in [4.69, 9.17) is 9.47 Å². The maximum Gasteiger partial charge on any atom is 0.306 e. The summed E-state index contributed by atoms with van der Waals surface area (Å²) in [4.78, 5) is 34.8. The average molecular weight is 386 g/mol. The summed E-state index contributed by atoms with van der Waals surface area (Å²) in [6, 6.07) is 0. The smallest absolute Gasteiger partial charge is 0.306 e. The average Bonchev–Trinajstić information content (AvgIpc) is 2.69. The first-order valence-corrected chi connectivity index (χ1v) is 10.3. The molecule has 0 aromatic carbocycles. The van der Waals surface area contributed by atoms with Crippen molar-refractivity contribution in [2.24, 2.45) is 0 Å². The molecule has 156 valence electrons. The lowest BCUT2D eigenvalue weighted by Gasteiger charge is -2.18. The highest BCUT2D eigenvalue weighted by atomic mass is 16.6. The summed E-state index contributed by atoms with van der Waals surface area (Å²) in [6.07, 6.45) is 10.4. The van der Waals surface area contributed by atoms with E-state index in [-0.39, 0.29) is 37.4 Å². The van der Waals surface area contributed by atoms with Gasteiger partial charge >= 0.3 is 11.9 Å². The number of rotatable bonds is 8. The fourth-order valence-corrected chi connectivity index (χ4v) is 3.16. The maximum atomic E-state index is 12.1. The third kappa shape index (κ3) is 12.4. The Morgan fingerprint density at radius 2 is 1.44 bits per heavy atom. The minimum absolute atomic E-state index is 0.0341. The number of hydrogen-bond donors (Lipinski definition) is 2. The van der Waals surface area contributed by atoms with Gasteiger partial charge in [-0.2, -0.15) is 0 Å². The molecule has 1 amide bonds. The molecule has 0 heterocycles. The van der Waals surface area contributed by atoms with E-state index in [2.05, 4.69) is 5.32 Å². The highest BCUT2D eigenvalue weighted by molar-refractivity contribution is 5.78. The normalized spacial score (nSPS) is 18.0. The third-order valence-corrected chi connectivity index (χ3v) is 4.71. The van der Waals surface area contributed by atoms with E-state index in [0.29, 0.717) is 0 Å². The van der Waals surface area contributed by atoms with Crippen molar-refractivity contribution in [2.75, 3.05) is 13.2 Å². The molecule has 1 saturated carbocycles. The molecule has 0 saturated heterocycles. The van der Waals surface area contributed by atoms with Gasteiger partial charge in [0.15, 0.2) is 0 Å². The molecule has 1 aliphatic carbocycles. The molecule has 1 aliphatic rings. The second-order valence-electron chi connectivity index (χ2n) is 7.25. The molecule has 1 rings (SSSR count). The van der Waals surface area contributed by atoms with Crippen LogP contribution in [0.3, 0.4) is 0 Å². The van der Waals surface area contributed by atoms with Crippen LogP contribution in [0.1, 0.15) is 84.0 Å². The minimum atomic E-state index is -0.806. The van der Waals surface area contributed by atoms with E-state index in [1.165, 1.54) is 45.4 Å². The number of hydrogen-bond acceptors (Lipinski definition) is 6. The summed E-state index contributed by atoms with van der Waals surface area (Å²) >= 11 is 0. The van der Waals surface area contributed by atoms with Crippen molar-refractivity contribution in [2.45, 2.75) is 96.2 Å². The molecule has 0 aliphatic heterocycles. The van der Waals surface area contributed by atoms with E-state index in [9.17, 15) is 19.5 Å². The first-order valence-electron chi connectivity index (χ1n) is 10.3. The Kier molecular flexibility index (Phi) is 12.5. The van der Waals surface area contributed by atoms with Gasteiger partial charge in [-0.15, -0.1) is 0 Å². The number of aliphatic hydroxyl groups is 1. The SMILES string of the molecule is CC(=O)NCC(CO)OC(=O)CCC(=O)OC1CCCCCCCCCC1. The van der Waals surface area contributed by atoms with Gasteiger partial charge in [0.2, 0.25) is 5.91 Å². The molecule has 1 fully saturated rings. The third-order valence-electron chi connectivity index (χ3n) is 4.71. The molecule has 1 unspecified atom stereocenters. The van der Waals surface area contributed by atoms with Gasteiger partial charge in [-0.05, 0) is 25.7 Å². The zero-order valence-corrected chi connectivity index (χ0v) is 16.5. The molecule has 0 aromatic rings. The highest BCUT2D eigenvalue weighted by Crippen LogP contribution is 2.19. The predicted molar refractivity (Wildman–Crippen MR) is 101 cm³/mol. The van der Waals surface area contributed by atoms with E-state index in [0.717, 1.165) is 25.7 Å². The number of ether oxygens (including phenoxy) is 2. The molecule has 0 aromatic heterocycles. The lowest BCUT2D eigenvalue weighted by atomic mass is 10.1. The van der Waals surface area contributed by atoms with Crippen LogP contribution in [0.5, 0.6) is 0 Å². The van der Waals surface area contributed by atoms with Crippen LogP contribution < -0.4 is 5.32 Å². The van der Waals surface area contributed by atoms with Crippen molar-refractivity contribution in [1.82, 2.24) is 5.32 Å². The molecule has 7 heteroatoms. The number of esters is 2. The molecule has 0 radical (unpaired) electrons. The van der Waals surface area contributed by atoms with Crippen LogP contribution >= 0.6 is 0 Å². The summed E-state index contributed by atoms with van der Waals surface area (Å²) in [5.74, 6) is -1.23. The highest BCUT2D eigenvalue weighted by Gasteiger charge is 2.18. The Hall–Kier alpha value is -1.63. The van der Waals surface area contributed by atoms with Gasteiger partial charge in [0.1, 0.15) is 12.2 Å². The first kappa shape index (κ1) is 23.4. The largest absolute Gasteiger partial charge is 0.462 e. The van der Waals surface area contributed by atoms with Crippen molar-refractivity contribution in [3.8, 4) is 0 Å². The molecular weight excluding hydrogens is 350 g/mol. The van der Waals surface area contributed by atoms with Gasteiger partial charge < -0.3 is 19.9 Å². The quantitative estimate of drug-likeness (QED) is 0.623. The van der Waals surface area contributed by atoms with Crippen LogP contribution in [0.2, 0.25) is 0 Å². The first-order chi connectivity index (χ1) is 13.0. The topological polar surface area (TPSA) is 102 Å². The monoisotopic (exact) mass is 385 g/mol. The fourth-order valence-electron chi connectivity index (χ4n) is 3.16. The van der Waals surface area contributed by atoms with E-state index in [1.807, 2.05) is 0 Å². The van der Waals surface area contributed by atoms with E-state index >= 15 is 0 Å². The van der Waals surface area contributed by atoms with Gasteiger partial charge in [0.25, 0.3) is 0 Å². The molecule has 1 atom stereocenters. The van der Waals surface area contributed by atoms with E-state index in [1.54, 1.807) is 0 Å². The van der Waals surface area contributed by atoms with Crippen molar-refractivity contribution >= 4 is 17.8 Å². The zero-order valence-electron chi connectivity index (χ0n) is 16.5. The van der Waals surface area contributed by atoms with Crippen LogP contribution in [0.15, 0.2) is 0 Å². The molecule has 27 heavy (non-hydrogen) atoms. The number of carbonyl (C=O) groups is 3. The van der Waals surface area contributed by atoms with Gasteiger partial charge in [0.05, 0.1) is 26.0 Å². The Bertz CT molecular complexity index is 442. The second kappa shape index (κ2) is 14.4. The van der Waals surface area contributed by atoms with Gasteiger partial charge in [-0.25, -0.2) is 0 Å². The van der Waals surface area contributed by atoms with Crippen molar-refractivity contribution in [1.29, 1.82) is 0 Å². The number of amides is 1.